The first kappa shape index (κ1) is 18.9. The monoisotopic (exact) mass is 342 g/mol. The zero-order chi connectivity index (χ0) is 17.4. The molecule has 2 rings (SSSR count). The van der Waals surface area contributed by atoms with Crippen LogP contribution in [0.1, 0.15) is 0 Å². The molecule has 0 aromatic rings. The third-order valence-corrected chi connectivity index (χ3v) is 4.02. The molecule has 11 heteroatoms. The Morgan fingerprint density at radius 1 is 1.00 bits per heavy atom. The van der Waals surface area contributed by atoms with E-state index in [0.29, 0.717) is 0 Å². The van der Waals surface area contributed by atoms with Crippen molar-refractivity contribution < 1.29 is 55.1 Å². The molecule has 0 aromatic heterocycles. The first-order valence-corrected chi connectivity index (χ1v) is 7.04. The van der Waals surface area contributed by atoms with Crippen LogP contribution in [0, 0.1) is 0 Å². The molecule has 0 bridgehead atoms. The predicted molar refractivity (Wildman–Crippen MR) is 68.6 cm³/mol. The average molecular weight is 342 g/mol. The van der Waals surface area contributed by atoms with Gasteiger partial charge in [0.25, 0.3) is 0 Å². The fourth-order valence-corrected chi connectivity index (χ4v) is 2.52. The second-order valence-corrected chi connectivity index (χ2v) is 5.62. The molecule has 8 N–H and O–H groups in total. The summed E-state index contributed by atoms with van der Waals surface area (Å²) in [6, 6.07) is 0. The van der Waals surface area contributed by atoms with Gasteiger partial charge in [-0.2, -0.15) is 0 Å². The van der Waals surface area contributed by atoms with Crippen LogP contribution < -0.4 is 0 Å². The Labute approximate surface area is 130 Å². The standard InChI is InChI=1S/C12H22O11/c13-1-5-6(16)7(17)8(18)11(22-5)23-9-4(15)2-21-12(20,3-14)10(9)19/h4-11,13-20H,1-3H2/t4-,5-,6-,7+,8-,9-,10+,11+,12?/m1/s1. The van der Waals surface area contributed by atoms with Gasteiger partial charge >= 0.3 is 0 Å². The highest BCUT2D eigenvalue weighted by atomic mass is 16.7. The maximum absolute atomic E-state index is 10.00. The van der Waals surface area contributed by atoms with Crippen LogP contribution in [-0.4, -0.2) is 115 Å². The van der Waals surface area contributed by atoms with Gasteiger partial charge in [-0.3, -0.25) is 0 Å². The van der Waals surface area contributed by atoms with Crippen LogP contribution in [-0.2, 0) is 14.2 Å². The fourth-order valence-electron chi connectivity index (χ4n) is 2.52. The van der Waals surface area contributed by atoms with Crippen molar-refractivity contribution in [3.05, 3.63) is 0 Å². The Kier molecular flexibility index (Phi) is 5.92. The van der Waals surface area contributed by atoms with Crippen molar-refractivity contribution in [1.82, 2.24) is 0 Å². The number of rotatable bonds is 4. The van der Waals surface area contributed by atoms with Gasteiger partial charge < -0.3 is 55.1 Å². The van der Waals surface area contributed by atoms with E-state index in [1.807, 2.05) is 0 Å². The summed E-state index contributed by atoms with van der Waals surface area (Å²) in [7, 11) is 0. The van der Waals surface area contributed by atoms with E-state index < -0.39 is 74.6 Å². The van der Waals surface area contributed by atoms with Crippen molar-refractivity contribution >= 4 is 0 Å². The van der Waals surface area contributed by atoms with Crippen LogP contribution in [0.3, 0.4) is 0 Å². The Morgan fingerprint density at radius 2 is 1.65 bits per heavy atom. The van der Waals surface area contributed by atoms with E-state index in [2.05, 4.69) is 0 Å². The summed E-state index contributed by atoms with van der Waals surface area (Å²) in [5, 5.41) is 77.1. The van der Waals surface area contributed by atoms with Crippen molar-refractivity contribution in [2.24, 2.45) is 0 Å². The van der Waals surface area contributed by atoms with Gasteiger partial charge in [0.05, 0.1) is 19.8 Å². The van der Waals surface area contributed by atoms with Gasteiger partial charge in [-0.25, -0.2) is 0 Å². The van der Waals surface area contributed by atoms with Crippen LogP contribution in [0.25, 0.3) is 0 Å². The highest BCUT2D eigenvalue weighted by Crippen LogP contribution is 2.29. The summed E-state index contributed by atoms with van der Waals surface area (Å²) in [6.45, 7) is -2.13. The van der Waals surface area contributed by atoms with E-state index in [1.165, 1.54) is 0 Å². The molecule has 0 spiro atoms. The third-order valence-electron chi connectivity index (χ3n) is 4.02. The molecule has 0 aliphatic carbocycles. The lowest BCUT2D eigenvalue weighted by atomic mass is 9.96. The van der Waals surface area contributed by atoms with Crippen LogP contribution in [0.2, 0.25) is 0 Å². The van der Waals surface area contributed by atoms with Crippen LogP contribution >= 0.6 is 0 Å². The molecule has 0 aromatic carbocycles. The van der Waals surface area contributed by atoms with E-state index in [4.69, 9.17) is 24.4 Å². The normalized spacial score (nSPS) is 51.7. The summed E-state index contributed by atoms with van der Waals surface area (Å²) in [4.78, 5) is 0. The molecular weight excluding hydrogens is 320 g/mol. The third kappa shape index (κ3) is 3.50. The minimum atomic E-state index is -2.38. The minimum absolute atomic E-state index is 0.476. The second kappa shape index (κ2) is 7.21. The Morgan fingerprint density at radius 3 is 2.22 bits per heavy atom. The molecule has 2 heterocycles. The first-order chi connectivity index (χ1) is 10.7. The van der Waals surface area contributed by atoms with Crippen molar-refractivity contribution in [3.8, 4) is 0 Å². The maximum Gasteiger partial charge on any atom is 0.218 e. The lowest BCUT2D eigenvalue weighted by Gasteiger charge is -2.46. The van der Waals surface area contributed by atoms with Gasteiger partial charge in [0.15, 0.2) is 6.29 Å². The number of ether oxygens (including phenoxy) is 3. The summed E-state index contributed by atoms with van der Waals surface area (Å²) in [6.07, 6.45) is -12.7. The SMILES string of the molecule is OC[C@H]1O[C@@H](O[C@@H]2[C@H](O)COC(O)(CO)[C@H]2O)[C@H](O)[C@@H](O)[C@@H]1O. The Balaban J connectivity index is 2.12. The lowest BCUT2D eigenvalue weighted by Crippen LogP contribution is -2.66. The zero-order valence-corrected chi connectivity index (χ0v) is 12.0. The van der Waals surface area contributed by atoms with Crippen LogP contribution in [0.15, 0.2) is 0 Å². The number of hydrogen-bond donors (Lipinski definition) is 8. The lowest BCUT2D eigenvalue weighted by molar-refractivity contribution is -0.373. The van der Waals surface area contributed by atoms with E-state index in [0.717, 1.165) is 0 Å². The maximum atomic E-state index is 10.00. The molecule has 2 fully saturated rings. The van der Waals surface area contributed by atoms with E-state index >= 15 is 0 Å². The fraction of sp³-hybridized carbons (Fsp3) is 1.00. The smallest absolute Gasteiger partial charge is 0.218 e. The summed E-state index contributed by atoms with van der Waals surface area (Å²) >= 11 is 0. The number of aliphatic hydroxyl groups is 8. The van der Waals surface area contributed by atoms with E-state index in [1.54, 1.807) is 0 Å². The molecule has 2 aliphatic heterocycles. The molecule has 0 amide bonds. The van der Waals surface area contributed by atoms with Gasteiger partial charge in [-0.05, 0) is 0 Å². The van der Waals surface area contributed by atoms with E-state index in [9.17, 15) is 30.6 Å². The molecule has 136 valence electrons. The Bertz CT molecular complexity index is 393. The molecule has 9 atom stereocenters. The van der Waals surface area contributed by atoms with Gasteiger partial charge in [0.2, 0.25) is 5.79 Å². The molecular formula is C12H22O11. The average Bonchev–Trinajstić information content (AvgIpc) is 2.55. The Hall–Kier alpha value is -0.440. The van der Waals surface area contributed by atoms with Gasteiger partial charge in [-0.1, -0.05) is 0 Å². The molecule has 23 heavy (non-hydrogen) atoms. The van der Waals surface area contributed by atoms with Crippen LogP contribution in [0.4, 0.5) is 0 Å². The van der Waals surface area contributed by atoms with Crippen molar-refractivity contribution in [3.63, 3.8) is 0 Å². The van der Waals surface area contributed by atoms with Crippen molar-refractivity contribution in [2.75, 3.05) is 19.8 Å². The van der Waals surface area contributed by atoms with E-state index in [-0.39, 0.29) is 0 Å². The van der Waals surface area contributed by atoms with Crippen molar-refractivity contribution in [2.45, 2.75) is 54.8 Å². The molecule has 0 radical (unpaired) electrons. The first-order valence-electron chi connectivity index (χ1n) is 7.04. The molecule has 11 nitrogen and oxygen atoms in total. The summed E-state index contributed by atoms with van der Waals surface area (Å²) in [5.74, 6) is -2.38. The molecule has 1 unspecified atom stereocenters. The summed E-state index contributed by atoms with van der Waals surface area (Å²) < 4.78 is 15.1. The van der Waals surface area contributed by atoms with Crippen molar-refractivity contribution in [1.29, 1.82) is 0 Å². The highest BCUT2D eigenvalue weighted by molar-refractivity contribution is 4.95. The van der Waals surface area contributed by atoms with Gasteiger partial charge in [0.1, 0.15) is 42.7 Å². The molecule has 2 aliphatic rings. The molecule has 0 saturated carbocycles. The number of hydrogen-bond acceptors (Lipinski definition) is 11. The minimum Gasteiger partial charge on any atom is -0.394 e. The summed E-state index contributed by atoms with van der Waals surface area (Å²) in [5.41, 5.74) is 0. The highest BCUT2D eigenvalue weighted by Gasteiger charge is 2.52. The van der Waals surface area contributed by atoms with Gasteiger partial charge in [-0.15, -0.1) is 0 Å². The predicted octanol–water partition coefficient (Wildman–Crippen LogP) is -5.40. The zero-order valence-electron chi connectivity index (χ0n) is 12.0. The van der Waals surface area contributed by atoms with Crippen LogP contribution in [0.5, 0.6) is 0 Å². The number of aliphatic hydroxyl groups excluding tert-OH is 7. The topological polar surface area (TPSA) is 190 Å². The quantitative estimate of drug-likeness (QED) is 0.243. The second-order valence-electron chi connectivity index (χ2n) is 5.62. The molecule has 2 saturated heterocycles. The largest absolute Gasteiger partial charge is 0.394 e. The van der Waals surface area contributed by atoms with Gasteiger partial charge in [0, 0.05) is 0 Å².